The Kier molecular flexibility index (Phi) is 3.75. The molecule has 3 rings (SSSR count). The third-order valence-electron chi connectivity index (χ3n) is 3.75. The first-order valence-electron chi connectivity index (χ1n) is 7.17. The fourth-order valence-electron chi connectivity index (χ4n) is 2.60. The van der Waals surface area contributed by atoms with Crippen LogP contribution in [0.5, 0.6) is 0 Å². The van der Waals surface area contributed by atoms with Crippen LogP contribution in [-0.4, -0.2) is 17.4 Å². The van der Waals surface area contributed by atoms with Crippen molar-refractivity contribution in [2.24, 2.45) is 0 Å². The van der Waals surface area contributed by atoms with E-state index in [0.717, 1.165) is 24.1 Å². The summed E-state index contributed by atoms with van der Waals surface area (Å²) < 4.78 is 0. The Balaban J connectivity index is 1.73. The molecule has 0 aliphatic carbocycles. The Hall–Kier alpha value is -2.53. The molecule has 1 aliphatic rings. The lowest BCUT2D eigenvalue weighted by atomic mass is 10.00. The topological polar surface area (TPSA) is 20.3 Å². The van der Waals surface area contributed by atoms with E-state index in [0.29, 0.717) is 6.54 Å². The van der Waals surface area contributed by atoms with Crippen molar-refractivity contribution in [3.8, 4) is 11.8 Å². The van der Waals surface area contributed by atoms with Gasteiger partial charge >= 0.3 is 0 Å². The van der Waals surface area contributed by atoms with Crippen molar-refractivity contribution in [3.63, 3.8) is 0 Å². The van der Waals surface area contributed by atoms with Crippen LogP contribution in [0.15, 0.2) is 48.5 Å². The first kappa shape index (κ1) is 13.5. The van der Waals surface area contributed by atoms with Crippen LogP contribution in [0.3, 0.4) is 0 Å². The van der Waals surface area contributed by atoms with Crippen molar-refractivity contribution in [1.29, 1.82) is 0 Å². The molecule has 0 unspecified atom stereocenters. The third kappa shape index (κ3) is 3.14. The standard InChI is InChI=1S/C19H17NO/c1-15-5-4-6-16(13-15)9-10-19(21)20-12-11-17-7-2-3-8-18(17)14-20/h2-8,13H,11-12,14H2,1H3. The lowest BCUT2D eigenvalue weighted by Crippen LogP contribution is -2.35. The zero-order chi connectivity index (χ0) is 14.7. The van der Waals surface area contributed by atoms with Gasteiger partial charge in [-0.3, -0.25) is 4.79 Å². The fourth-order valence-corrected chi connectivity index (χ4v) is 2.60. The van der Waals surface area contributed by atoms with Crippen LogP contribution in [0.4, 0.5) is 0 Å². The Labute approximate surface area is 125 Å². The summed E-state index contributed by atoms with van der Waals surface area (Å²) in [4.78, 5) is 14.0. The average molecular weight is 275 g/mol. The van der Waals surface area contributed by atoms with Gasteiger partial charge in [0.2, 0.25) is 0 Å². The SMILES string of the molecule is Cc1cccc(C#CC(=O)N2CCc3ccccc3C2)c1. The second-order valence-electron chi connectivity index (χ2n) is 5.36. The van der Waals surface area contributed by atoms with Gasteiger partial charge in [0.05, 0.1) is 0 Å². The maximum Gasteiger partial charge on any atom is 0.299 e. The van der Waals surface area contributed by atoms with Crippen molar-refractivity contribution in [1.82, 2.24) is 4.90 Å². The lowest BCUT2D eigenvalue weighted by Gasteiger charge is -2.27. The Bertz CT molecular complexity index is 736. The molecule has 1 aliphatic heterocycles. The Morgan fingerprint density at radius 1 is 1.10 bits per heavy atom. The molecule has 0 saturated carbocycles. The normalized spacial score (nSPS) is 13.1. The van der Waals surface area contributed by atoms with Crippen molar-refractivity contribution in [2.45, 2.75) is 19.9 Å². The van der Waals surface area contributed by atoms with Crippen LogP contribution in [-0.2, 0) is 17.8 Å². The maximum absolute atomic E-state index is 12.2. The van der Waals surface area contributed by atoms with Crippen LogP contribution < -0.4 is 0 Å². The molecule has 2 aromatic carbocycles. The van der Waals surface area contributed by atoms with Gasteiger partial charge in [-0.15, -0.1) is 0 Å². The molecule has 0 aromatic heterocycles. The molecule has 0 fully saturated rings. The molecule has 0 N–H and O–H groups in total. The van der Waals surface area contributed by atoms with Gasteiger partial charge in [-0.25, -0.2) is 0 Å². The van der Waals surface area contributed by atoms with Crippen molar-refractivity contribution in [3.05, 3.63) is 70.8 Å². The van der Waals surface area contributed by atoms with E-state index in [9.17, 15) is 4.79 Å². The number of carbonyl (C=O) groups is 1. The first-order chi connectivity index (χ1) is 10.2. The van der Waals surface area contributed by atoms with Gasteiger partial charge in [0.1, 0.15) is 0 Å². The van der Waals surface area contributed by atoms with Gasteiger partial charge in [-0.2, -0.15) is 0 Å². The van der Waals surface area contributed by atoms with Crippen LogP contribution in [0.25, 0.3) is 0 Å². The molecule has 0 spiro atoms. The van der Waals surface area contributed by atoms with E-state index in [2.05, 4.69) is 24.0 Å². The van der Waals surface area contributed by atoms with Crippen molar-refractivity contribution >= 4 is 5.91 Å². The zero-order valence-electron chi connectivity index (χ0n) is 12.1. The summed E-state index contributed by atoms with van der Waals surface area (Å²) in [5, 5.41) is 0. The predicted molar refractivity (Wildman–Crippen MR) is 83.6 cm³/mol. The number of nitrogens with zero attached hydrogens (tertiary/aromatic N) is 1. The number of benzene rings is 2. The van der Waals surface area contributed by atoms with E-state index in [1.165, 1.54) is 11.1 Å². The minimum atomic E-state index is -0.0917. The summed E-state index contributed by atoms with van der Waals surface area (Å²) in [5.41, 5.74) is 4.62. The molecule has 104 valence electrons. The van der Waals surface area contributed by atoms with Gasteiger partial charge < -0.3 is 4.90 Å². The Morgan fingerprint density at radius 2 is 1.90 bits per heavy atom. The average Bonchev–Trinajstić information content (AvgIpc) is 2.52. The fraction of sp³-hybridized carbons (Fsp3) is 0.211. The highest BCUT2D eigenvalue weighted by atomic mass is 16.2. The number of hydrogen-bond acceptors (Lipinski definition) is 1. The largest absolute Gasteiger partial charge is 0.327 e. The van der Waals surface area contributed by atoms with E-state index in [-0.39, 0.29) is 5.91 Å². The third-order valence-corrected chi connectivity index (χ3v) is 3.75. The van der Waals surface area contributed by atoms with E-state index < -0.39 is 0 Å². The maximum atomic E-state index is 12.2. The number of fused-ring (bicyclic) bond motifs is 1. The van der Waals surface area contributed by atoms with Crippen LogP contribution in [0, 0.1) is 18.8 Å². The molecule has 2 aromatic rings. The quantitative estimate of drug-likeness (QED) is 0.677. The first-order valence-corrected chi connectivity index (χ1v) is 7.17. The van der Waals surface area contributed by atoms with Crippen molar-refractivity contribution in [2.75, 3.05) is 6.54 Å². The lowest BCUT2D eigenvalue weighted by molar-refractivity contribution is -0.125. The number of amides is 1. The summed E-state index contributed by atoms with van der Waals surface area (Å²) in [7, 11) is 0. The summed E-state index contributed by atoms with van der Waals surface area (Å²) in [6.07, 6.45) is 0.911. The molecule has 0 saturated heterocycles. The molecule has 1 amide bonds. The highest BCUT2D eigenvalue weighted by molar-refractivity contribution is 5.94. The monoisotopic (exact) mass is 275 g/mol. The molecule has 2 nitrogen and oxygen atoms in total. The number of rotatable bonds is 0. The van der Waals surface area contributed by atoms with E-state index in [1.54, 1.807) is 0 Å². The second kappa shape index (κ2) is 5.85. The van der Waals surface area contributed by atoms with Crippen molar-refractivity contribution < 1.29 is 4.79 Å². The number of hydrogen-bond donors (Lipinski definition) is 0. The summed E-state index contributed by atoms with van der Waals surface area (Å²) in [5.74, 6) is 5.64. The van der Waals surface area contributed by atoms with Gasteiger partial charge in [0, 0.05) is 24.6 Å². The van der Waals surface area contributed by atoms with Gasteiger partial charge in [-0.05, 0) is 42.2 Å². The summed E-state index contributed by atoms with van der Waals surface area (Å²) >= 11 is 0. The summed E-state index contributed by atoms with van der Waals surface area (Å²) in [6, 6.07) is 16.2. The molecular weight excluding hydrogens is 258 g/mol. The highest BCUT2D eigenvalue weighted by Gasteiger charge is 2.18. The molecule has 1 heterocycles. The second-order valence-corrected chi connectivity index (χ2v) is 5.36. The van der Waals surface area contributed by atoms with Gasteiger partial charge in [-0.1, -0.05) is 42.3 Å². The molecule has 0 atom stereocenters. The van der Waals surface area contributed by atoms with E-state index in [4.69, 9.17) is 0 Å². The zero-order valence-corrected chi connectivity index (χ0v) is 12.1. The molecule has 21 heavy (non-hydrogen) atoms. The van der Waals surface area contributed by atoms with Crippen LogP contribution in [0.1, 0.15) is 22.3 Å². The van der Waals surface area contributed by atoms with Crippen LogP contribution >= 0.6 is 0 Å². The van der Waals surface area contributed by atoms with Crippen LogP contribution in [0.2, 0.25) is 0 Å². The molecular formula is C19H17NO. The minimum absolute atomic E-state index is 0.0917. The molecule has 0 radical (unpaired) electrons. The Morgan fingerprint density at radius 3 is 2.71 bits per heavy atom. The van der Waals surface area contributed by atoms with E-state index >= 15 is 0 Å². The molecule has 0 bridgehead atoms. The van der Waals surface area contributed by atoms with Gasteiger partial charge in [0.25, 0.3) is 5.91 Å². The van der Waals surface area contributed by atoms with E-state index in [1.807, 2.05) is 48.2 Å². The number of aryl methyl sites for hydroxylation is 1. The minimum Gasteiger partial charge on any atom is -0.327 e. The smallest absolute Gasteiger partial charge is 0.299 e. The highest BCUT2D eigenvalue weighted by Crippen LogP contribution is 2.18. The predicted octanol–water partition coefficient (Wildman–Crippen LogP) is 2.93. The summed E-state index contributed by atoms with van der Waals surface area (Å²) in [6.45, 7) is 3.43. The number of carbonyl (C=O) groups excluding carboxylic acids is 1. The molecule has 2 heteroatoms. The van der Waals surface area contributed by atoms with Gasteiger partial charge in [0.15, 0.2) is 0 Å².